The molecule has 3 rings (SSSR count). The highest BCUT2D eigenvalue weighted by atomic mass is 16.5. The normalized spacial score (nSPS) is 19.8. The lowest BCUT2D eigenvalue weighted by atomic mass is 10.2. The predicted molar refractivity (Wildman–Crippen MR) is 99.6 cm³/mol. The van der Waals surface area contributed by atoms with Crippen molar-refractivity contribution >= 4 is 5.69 Å². The fourth-order valence-electron chi connectivity index (χ4n) is 3.22. The minimum Gasteiger partial charge on any atom is -0.494 e. The lowest BCUT2D eigenvalue weighted by Gasteiger charge is -2.32. The third kappa shape index (κ3) is 4.89. The Balaban J connectivity index is 1.38. The Labute approximate surface area is 146 Å². The molecule has 0 bridgehead atoms. The van der Waals surface area contributed by atoms with E-state index in [4.69, 9.17) is 4.74 Å². The van der Waals surface area contributed by atoms with Crippen LogP contribution in [0.4, 0.5) is 5.69 Å². The van der Waals surface area contributed by atoms with Crippen molar-refractivity contribution in [2.75, 3.05) is 71.5 Å². The van der Waals surface area contributed by atoms with Gasteiger partial charge < -0.3 is 24.3 Å². The Kier molecular flexibility index (Phi) is 5.99. The molecule has 1 fully saturated rings. The molecule has 24 heavy (non-hydrogen) atoms. The van der Waals surface area contributed by atoms with E-state index in [2.05, 4.69) is 70.2 Å². The van der Waals surface area contributed by atoms with E-state index in [9.17, 15) is 0 Å². The van der Waals surface area contributed by atoms with Crippen LogP contribution in [0, 0.1) is 0 Å². The van der Waals surface area contributed by atoms with Gasteiger partial charge in [-0.15, -0.1) is 0 Å². The van der Waals surface area contributed by atoms with Crippen molar-refractivity contribution < 1.29 is 4.74 Å². The summed E-state index contributed by atoms with van der Waals surface area (Å²) in [4.78, 5) is 9.46. The summed E-state index contributed by atoms with van der Waals surface area (Å²) in [5.41, 5.74) is 1.25. The zero-order chi connectivity index (χ0) is 16.8. The van der Waals surface area contributed by atoms with Crippen LogP contribution in [0.25, 0.3) is 0 Å². The molecule has 132 valence electrons. The molecule has 0 aromatic heterocycles. The van der Waals surface area contributed by atoms with Crippen LogP contribution in [-0.4, -0.2) is 81.3 Å². The SMILES string of the molecule is CN1C=CCN(c2ccc(OCCCN3CCN(C)CC3)cc2)C1. The number of nitrogens with zero attached hydrogens (tertiary/aromatic N) is 4. The Morgan fingerprint density at radius 1 is 1.00 bits per heavy atom. The lowest BCUT2D eigenvalue weighted by molar-refractivity contribution is 0.145. The van der Waals surface area contributed by atoms with Crippen LogP contribution < -0.4 is 9.64 Å². The van der Waals surface area contributed by atoms with E-state index in [0.717, 1.165) is 38.5 Å². The van der Waals surface area contributed by atoms with Gasteiger partial charge in [0.15, 0.2) is 0 Å². The average molecular weight is 330 g/mol. The molecule has 5 nitrogen and oxygen atoms in total. The third-order valence-electron chi connectivity index (χ3n) is 4.76. The van der Waals surface area contributed by atoms with E-state index >= 15 is 0 Å². The lowest BCUT2D eigenvalue weighted by Crippen LogP contribution is -2.44. The average Bonchev–Trinajstić information content (AvgIpc) is 2.61. The topological polar surface area (TPSA) is 22.2 Å². The fourth-order valence-corrected chi connectivity index (χ4v) is 3.22. The maximum Gasteiger partial charge on any atom is 0.119 e. The number of hydrogen-bond donors (Lipinski definition) is 0. The Hall–Kier alpha value is -1.72. The van der Waals surface area contributed by atoms with Crippen molar-refractivity contribution in [2.24, 2.45) is 0 Å². The smallest absolute Gasteiger partial charge is 0.119 e. The summed E-state index contributed by atoms with van der Waals surface area (Å²) in [5, 5.41) is 0. The first-order valence-corrected chi connectivity index (χ1v) is 8.96. The van der Waals surface area contributed by atoms with Gasteiger partial charge in [0.1, 0.15) is 5.75 Å². The summed E-state index contributed by atoms with van der Waals surface area (Å²) in [5.74, 6) is 0.970. The molecule has 1 aromatic rings. The molecule has 2 aliphatic rings. The van der Waals surface area contributed by atoms with Crippen LogP contribution >= 0.6 is 0 Å². The van der Waals surface area contributed by atoms with E-state index in [1.807, 2.05) is 0 Å². The maximum absolute atomic E-state index is 5.90. The number of benzene rings is 1. The van der Waals surface area contributed by atoms with Crippen molar-refractivity contribution in [1.29, 1.82) is 0 Å². The minimum absolute atomic E-state index is 0.793. The Morgan fingerprint density at radius 2 is 1.75 bits per heavy atom. The highest BCUT2D eigenvalue weighted by Crippen LogP contribution is 2.21. The molecule has 2 heterocycles. The molecule has 0 saturated carbocycles. The largest absolute Gasteiger partial charge is 0.494 e. The molecule has 0 amide bonds. The number of piperazine rings is 1. The van der Waals surface area contributed by atoms with Crippen molar-refractivity contribution in [2.45, 2.75) is 6.42 Å². The first-order valence-electron chi connectivity index (χ1n) is 8.96. The standard InChI is InChI=1S/C19H30N4O/c1-20-12-14-22(15-13-20)10-4-16-24-19-7-5-18(6-8-19)23-11-3-9-21(2)17-23/h3,5-9H,4,10-17H2,1-2H3. The van der Waals surface area contributed by atoms with E-state index < -0.39 is 0 Å². The van der Waals surface area contributed by atoms with Gasteiger partial charge in [0.25, 0.3) is 0 Å². The zero-order valence-electron chi connectivity index (χ0n) is 15.0. The summed E-state index contributed by atoms with van der Waals surface area (Å²) in [6.45, 7) is 8.57. The second-order valence-corrected chi connectivity index (χ2v) is 6.85. The predicted octanol–water partition coefficient (Wildman–Crippen LogP) is 1.93. The van der Waals surface area contributed by atoms with Crippen LogP contribution in [0.5, 0.6) is 5.75 Å². The van der Waals surface area contributed by atoms with Gasteiger partial charge in [-0.2, -0.15) is 0 Å². The highest BCUT2D eigenvalue weighted by Gasteiger charge is 2.13. The second-order valence-electron chi connectivity index (χ2n) is 6.85. The van der Waals surface area contributed by atoms with E-state index in [-0.39, 0.29) is 0 Å². The summed E-state index contributed by atoms with van der Waals surface area (Å²) in [6.07, 6.45) is 5.41. The number of ether oxygens (including phenoxy) is 1. The number of likely N-dealkylation sites (N-methyl/N-ethyl adjacent to an activating group) is 1. The van der Waals surface area contributed by atoms with E-state index in [1.54, 1.807) is 0 Å². The molecule has 0 radical (unpaired) electrons. The Morgan fingerprint density at radius 3 is 2.46 bits per heavy atom. The second kappa shape index (κ2) is 8.40. The van der Waals surface area contributed by atoms with E-state index in [1.165, 1.54) is 31.9 Å². The summed E-state index contributed by atoms with van der Waals surface area (Å²) in [6, 6.07) is 8.48. The maximum atomic E-state index is 5.90. The van der Waals surface area contributed by atoms with Gasteiger partial charge in [-0.05, 0) is 50.0 Å². The van der Waals surface area contributed by atoms with Crippen molar-refractivity contribution in [3.63, 3.8) is 0 Å². The van der Waals surface area contributed by atoms with Crippen LogP contribution in [0.2, 0.25) is 0 Å². The third-order valence-corrected chi connectivity index (χ3v) is 4.76. The zero-order valence-corrected chi connectivity index (χ0v) is 15.0. The van der Waals surface area contributed by atoms with Gasteiger partial charge in [0.05, 0.1) is 13.3 Å². The van der Waals surface area contributed by atoms with Crippen LogP contribution in [0.15, 0.2) is 36.5 Å². The van der Waals surface area contributed by atoms with Gasteiger partial charge in [-0.25, -0.2) is 0 Å². The number of rotatable bonds is 6. The first-order chi connectivity index (χ1) is 11.7. The van der Waals surface area contributed by atoms with Crippen molar-refractivity contribution in [1.82, 2.24) is 14.7 Å². The summed E-state index contributed by atoms with van der Waals surface area (Å²) < 4.78 is 5.90. The molecule has 1 saturated heterocycles. The molecule has 1 aromatic carbocycles. The fraction of sp³-hybridized carbons (Fsp3) is 0.579. The van der Waals surface area contributed by atoms with Crippen LogP contribution in [0.3, 0.4) is 0 Å². The van der Waals surface area contributed by atoms with Gasteiger partial charge in [0.2, 0.25) is 0 Å². The Bertz CT molecular complexity index is 523. The van der Waals surface area contributed by atoms with Gasteiger partial charge in [-0.3, -0.25) is 0 Å². The molecule has 0 N–H and O–H groups in total. The monoisotopic (exact) mass is 330 g/mol. The number of anilines is 1. The molecule has 0 atom stereocenters. The van der Waals surface area contributed by atoms with Gasteiger partial charge in [-0.1, -0.05) is 0 Å². The van der Waals surface area contributed by atoms with Gasteiger partial charge >= 0.3 is 0 Å². The molecule has 2 aliphatic heterocycles. The summed E-state index contributed by atoms with van der Waals surface area (Å²) in [7, 11) is 4.29. The van der Waals surface area contributed by atoms with Crippen LogP contribution in [0.1, 0.15) is 6.42 Å². The quantitative estimate of drug-likeness (QED) is 0.741. The van der Waals surface area contributed by atoms with Crippen LogP contribution in [-0.2, 0) is 0 Å². The highest BCUT2D eigenvalue weighted by molar-refractivity contribution is 5.50. The summed E-state index contributed by atoms with van der Waals surface area (Å²) >= 11 is 0. The van der Waals surface area contributed by atoms with Gasteiger partial charge in [0, 0.05) is 52.0 Å². The van der Waals surface area contributed by atoms with E-state index in [0.29, 0.717) is 0 Å². The molecular weight excluding hydrogens is 300 g/mol. The molecule has 0 unspecified atom stereocenters. The molecule has 0 spiro atoms. The van der Waals surface area contributed by atoms with Crippen molar-refractivity contribution in [3.8, 4) is 5.75 Å². The van der Waals surface area contributed by atoms with Crippen molar-refractivity contribution in [3.05, 3.63) is 36.5 Å². The number of hydrogen-bond acceptors (Lipinski definition) is 5. The molecule has 5 heteroatoms. The minimum atomic E-state index is 0.793. The molecule has 0 aliphatic carbocycles. The molecular formula is C19H30N4O. The first kappa shape index (κ1) is 17.1.